The molecule has 3 heteroatoms. The van der Waals surface area contributed by atoms with Gasteiger partial charge in [-0.3, -0.25) is 4.98 Å². The van der Waals surface area contributed by atoms with Crippen LogP contribution in [0.3, 0.4) is 0 Å². The SMILES string of the molecule is Cc1cc2c(C(=O)O)cnc(-c3ccccc3)c2cc1C. The quantitative estimate of drug-likeness (QED) is 0.763. The monoisotopic (exact) mass is 277 g/mol. The lowest BCUT2D eigenvalue weighted by atomic mass is 9.96. The minimum atomic E-state index is -0.949. The average Bonchev–Trinajstić information content (AvgIpc) is 2.48. The van der Waals surface area contributed by atoms with Crippen LogP contribution < -0.4 is 0 Å². The summed E-state index contributed by atoms with van der Waals surface area (Å²) in [6.45, 7) is 4.01. The summed E-state index contributed by atoms with van der Waals surface area (Å²) < 4.78 is 0. The highest BCUT2D eigenvalue weighted by atomic mass is 16.4. The molecule has 0 saturated heterocycles. The molecule has 0 atom stereocenters. The van der Waals surface area contributed by atoms with Crippen molar-refractivity contribution in [2.75, 3.05) is 0 Å². The lowest BCUT2D eigenvalue weighted by Gasteiger charge is -2.11. The summed E-state index contributed by atoms with van der Waals surface area (Å²) in [5.41, 5.74) is 4.26. The maximum absolute atomic E-state index is 11.4. The zero-order chi connectivity index (χ0) is 15.0. The highest BCUT2D eigenvalue weighted by molar-refractivity contribution is 6.07. The van der Waals surface area contributed by atoms with E-state index >= 15 is 0 Å². The van der Waals surface area contributed by atoms with Crippen LogP contribution >= 0.6 is 0 Å². The third kappa shape index (κ3) is 2.27. The minimum absolute atomic E-state index is 0.243. The van der Waals surface area contributed by atoms with Crippen LogP contribution in [-0.2, 0) is 0 Å². The molecule has 3 nitrogen and oxygen atoms in total. The Bertz CT molecular complexity index is 839. The number of hydrogen-bond acceptors (Lipinski definition) is 2. The van der Waals surface area contributed by atoms with Crippen molar-refractivity contribution in [2.24, 2.45) is 0 Å². The number of benzene rings is 2. The molecule has 0 unspecified atom stereocenters. The molecule has 21 heavy (non-hydrogen) atoms. The van der Waals surface area contributed by atoms with Crippen molar-refractivity contribution in [3.63, 3.8) is 0 Å². The average molecular weight is 277 g/mol. The predicted molar refractivity (Wildman–Crippen MR) is 83.6 cm³/mol. The Labute approximate surface area is 122 Å². The Balaban J connectivity index is 2.41. The van der Waals surface area contributed by atoms with Crippen LogP contribution in [0.5, 0.6) is 0 Å². The number of pyridine rings is 1. The molecule has 0 fully saturated rings. The van der Waals surface area contributed by atoms with Gasteiger partial charge in [-0.05, 0) is 31.0 Å². The molecule has 1 heterocycles. The Kier molecular flexibility index (Phi) is 3.18. The topological polar surface area (TPSA) is 50.2 Å². The van der Waals surface area contributed by atoms with E-state index in [1.165, 1.54) is 6.20 Å². The number of aromatic nitrogens is 1. The smallest absolute Gasteiger partial charge is 0.337 e. The Morgan fingerprint density at radius 3 is 2.24 bits per heavy atom. The van der Waals surface area contributed by atoms with Crippen LogP contribution in [0.15, 0.2) is 48.7 Å². The van der Waals surface area contributed by atoms with Crippen molar-refractivity contribution in [1.29, 1.82) is 0 Å². The van der Waals surface area contributed by atoms with Crippen LogP contribution in [0.1, 0.15) is 21.5 Å². The van der Waals surface area contributed by atoms with Crippen LogP contribution in [0, 0.1) is 13.8 Å². The van der Waals surface area contributed by atoms with E-state index in [1.807, 2.05) is 56.3 Å². The van der Waals surface area contributed by atoms with Crippen LogP contribution in [0.25, 0.3) is 22.0 Å². The van der Waals surface area contributed by atoms with Gasteiger partial charge in [-0.25, -0.2) is 4.79 Å². The Morgan fingerprint density at radius 2 is 1.62 bits per heavy atom. The van der Waals surface area contributed by atoms with Crippen molar-refractivity contribution in [3.05, 3.63) is 65.4 Å². The standard InChI is InChI=1S/C18H15NO2/c1-11-8-14-15(9-12(11)2)17(13-6-4-3-5-7-13)19-10-16(14)18(20)21/h3-10H,1-2H3,(H,20,21). The number of aryl methyl sites for hydroxylation is 2. The fourth-order valence-corrected chi connectivity index (χ4v) is 2.50. The maximum atomic E-state index is 11.4. The van der Waals surface area contributed by atoms with Gasteiger partial charge < -0.3 is 5.11 Å². The van der Waals surface area contributed by atoms with Crippen LogP contribution in [0.2, 0.25) is 0 Å². The molecule has 1 N–H and O–H groups in total. The molecule has 0 saturated carbocycles. The van der Waals surface area contributed by atoms with Gasteiger partial charge in [0, 0.05) is 22.5 Å². The second-order valence-electron chi connectivity index (χ2n) is 5.17. The number of nitrogens with zero attached hydrogens (tertiary/aromatic N) is 1. The first-order valence-corrected chi connectivity index (χ1v) is 6.76. The first kappa shape index (κ1) is 13.3. The largest absolute Gasteiger partial charge is 0.478 e. The lowest BCUT2D eigenvalue weighted by molar-refractivity contribution is 0.0698. The number of carboxylic acid groups (broad SMARTS) is 1. The van der Waals surface area contributed by atoms with E-state index in [2.05, 4.69) is 4.98 Å². The van der Waals surface area contributed by atoms with E-state index in [-0.39, 0.29) is 5.56 Å². The van der Waals surface area contributed by atoms with Gasteiger partial charge in [0.25, 0.3) is 0 Å². The van der Waals surface area contributed by atoms with E-state index in [4.69, 9.17) is 0 Å². The van der Waals surface area contributed by atoms with E-state index < -0.39 is 5.97 Å². The molecule has 0 spiro atoms. The fourth-order valence-electron chi connectivity index (χ4n) is 2.50. The zero-order valence-electron chi connectivity index (χ0n) is 11.9. The third-order valence-corrected chi connectivity index (χ3v) is 3.78. The van der Waals surface area contributed by atoms with E-state index in [9.17, 15) is 9.90 Å². The summed E-state index contributed by atoms with van der Waals surface area (Å²) in [5.74, 6) is -0.949. The van der Waals surface area contributed by atoms with Gasteiger partial charge in [0.2, 0.25) is 0 Å². The summed E-state index contributed by atoms with van der Waals surface area (Å²) in [7, 11) is 0. The van der Waals surface area contributed by atoms with Crippen molar-refractivity contribution < 1.29 is 9.90 Å². The summed E-state index contributed by atoms with van der Waals surface area (Å²) in [6.07, 6.45) is 1.45. The molecule has 3 aromatic rings. The highest BCUT2D eigenvalue weighted by Crippen LogP contribution is 2.30. The lowest BCUT2D eigenvalue weighted by Crippen LogP contribution is -2.01. The molecule has 3 rings (SSSR count). The molecule has 0 radical (unpaired) electrons. The van der Waals surface area contributed by atoms with Crippen molar-refractivity contribution in [3.8, 4) is 11.3 Å². The predicted octanol–water partition coefficient (Wildman–Crippen LogP) is 4.22. The molecule has 104 valence electrons. The molecule has 0 bridgehead atoms. The van der Waals surface area contributed by atoms with Gasteiger partial charge in [-0.2, -0.15) is 0 Å². The second kappa shape index (κ2) is 5.02. The summed E-state index contributed by atoms with van der Waals surface area (Å²) in [4.78, 5) is 15.8. The molecular formula is C18H15NO2. The number of carbonyl (C=O) groups is 1. The van der Waals surface area contributed by atoms with Crippen LogP contribution in [0.4, 0.5) is 0 Å². The van der Waals surface area contributed by atoms with E-state index in [1.54, 1.807) is 0 Å². The van der Waals surface area contributed by atoms with Gasteiger partial charge in [0.15, 0.2) is 0 Å². The fraction of sp³-hybridized carbons (Fsp3) is 0.111. The Hall–Kier alpha value is -2.68. The van der Waals surface area contributed by atoms with Gasteiger partial charge >= 0.3 is 5.97 Å². The highest BCUT2D eigenvalue weighted by Gasteiger charge is 2.14. The number of fused-ring (bicyclic) bond motifs is 1. The molecule has 0 aliphatic heterocycles. The van der Waals surface area contributed by atoms with Crippen molar-refractivity contribution in [1.82, 2.24) is 4.98 Å². The van der Waals surface area contributed by atoms with Gasteiger partial charge in [-0.1, -0.05) is 36.4 Å². The molecule has 0 aliphatic rings. The van der Waals surface area contributed by atoms with E-state index in [0.717, 1.165) is 33.2 Å². The number of carboxylic acids is 1. The second-order valence-corrected chi connectivity index (χ2v) is 5.17. The first-order valence-electron chi connectivity index (χ1n) is 6.76. The summed E-state index contributed by atoms with van der Waals surface area (Å²) in [5, 5.41) is 11.0. The Morgan fingerprint density at radius 1 is 1.00 bits per heavy atom. The molecule has 1 aromatic heterocycles. The van der Waals surface area contributed by atoms with Crippen molar-refractivity contribution >= 4 is 16.7 Å². The molecule has 2 aromatic carbocycles. The number of aromatic carboxylic acids is 1. The summed E-state index contributed by atoms with van der Waals surface area (Å²) >= 11 is 0. The van der Waals surface area contributed by atoms with Gasteiger partial charge in [0.1, 0.15) is 0 Å². The van der Waals surface area contributed by atoms with E-state index in [0.29, 0.717) is 0 Å². The van der Waals surface area contributed by atoms with Crippen molar-refractivity contribution in [2.45, 2.75) is 13.8 Å². The molecule has 0 amide bonds. The zero-order valence-corrected chi connectivity index (χ0v) is 11.9. The van der Waals surface area contributed by atoms with Gasteiger partial charge in [0.05, 0.1) is 11.3 Å². The number of hydrogen-bond donors (Lipinski definition) is 1. The molecule has 0 aliphatic carbocycles. The summed E-state index contributed by atoms with van der Waals surface area (Å²) in [6, 6.07) is 13.8. The number of rotatable bonds is 2. The van der Waals surface area contributed by atoms with Gasteiger partial charge in [-0.15, -0.1) is 0 Å². The third-order valence-electron chi connectivity index (χ3n) is 3.78. The van der Waals surface area contributed by atoms with Crippen LogP contribution in [-0.4, -0.2) is 16.1 Å². The minimum Gasteiger partial charge on any atom is -0.478 e. The normalized spacial score (nSPS) is 10.8. The molecular weight excluding hydrogens is 262 g/mol. The maximum Gasteiger partial charge on any atom is 0.337 e. The first-order chi connectivity index (χ1) is 10.1.